The zero-order chi connectivity index (χ0) is 21.9. The third-order valence-corrected chi connectivity index (χ3v) is 7.11. The van der Waals surface area contributed by atoms with E-state index in [1.165, 1.54) is 6.07 Å². The van der Waals surface area contributed by atoms with Crippen molar-refractivity contribution < 1.29 is 22.0 Å². The van der Waals surface area contributed by atoms with Gasteiger partial charge in [0.2, 0.25) is 15.7 Å². The fourth-order valence-corrected chi connectivity index (χ4v) is 4.98. The Kier molecular flexibility index (Phi) is 5.89. The first-order chi connectivity index (χ1) is 14.9. The molecule has 0 fully saturated rings. The number of benzene rings is 2. The van der Waals surface area contributed by atoms with Crippen molar-refractivity contribution in [3.8, 4) is 5.75 Å². The molecule has 2 aliphatic heterocycles. The Hall–Kier alpha value is -3.03. The Bertz CT molecular complexity index is 1200. The molecule has 0 saturated carbocycles. The molecular weight excluding hydrogens is 415 g/mol. The van der Waals surface area contributed by atoms with Crippen LogP contribution < -0.4 is 4.74 Å². The van der Waals surface area contributed by atoms with Gasteiger partial charge in [0, 0.05) is 17.7 Å². The third kappa shape index (κ3) is 4.24. The molecule has 0 aliphatic carbocycles. The molecule has 1 unspecified atom stereocenters. The summed E-state index contributed by atoms with van der Waals surface area (Å²) in [6.45, 7) is 2.96. The molecule has 0 amide bonds. The summed E-state index contributed by atoms with van der Waals surface area (Å²) in [5.74, 6) is 0.429. The molecule has 0 N–H and O–H groups in total. The van der Waals surface area contributed by atoms with Gasteiger partial charge >= 0.3 is 0 Å². The molecule has 0 aromatic heterocycles. The van der Waals surface area contributed by atoms with Crippen LogP contribution in [-0.2, 0) is 16.4 Å². The van der Waals surface area contributed by atoms with Crippen LogP contribution in [-0.4, -0.2) is 25.3 Å². The van der Waals surface area contributed by atoms with Crippen LogP contribution in [0.15, 0.2) is 94.1 Å². The van der Waals surface area contributed by atoms with Gasteiger partial charge in [0.1, 0.15) is 35.4 Å². The Morgan fingerprint density at radius 3 is 2.65 bits per heavy atom. The van der Waals surface area contributed by atoms with Crippen LogP contribution in [0, 0.1) is 5.82 Å². The molecule has 31 heavy (non-hydrogen) atoms. The van der Waals surface area contributed by atoms with Gasteiger partial charge in [-0.1, -0.05) is 25.5 Å². The van der Waals surface area contributed by atoms with Gasteiger partial charge < -0.3 is 4.74 Å². The Balaban J connectivity index is 1.59. The number of sulfone groups is 1. The van der Waals surface area contributed by atoms with Crippen molar-refractivity contribution >= 4 is 15.7 Å². The van der Waals surface area contributed by atoms with Crippen molar-refractivity contribution in [1.82, 2.24) is 0 Å². The molecule has 2 aromatic rings. The molecule has 1 atom stereocenters. The number of hydrogen-bond donors (Lipinski definition) is 0. The number of quaternary nitrogens is 1. The fraction of sp³-hybridized carbons (Fsp3) is 0.208. The lowest BCUT2D eigenvalue weighted by molar-refractivity contribution is -0.743. The molecule has 2 aromatic carbocycles. The summed E-state index contributed by atoms with van der Waals surface area (Å²) < 4.78 is 46.2. The summed E-state index contributed by atoms with van der Waals surface area (Å²) in [6, 6.07) is 10.3. The van der Waals surface area contributed by atoms with Crippen LogP contribution in [0.4, 0.5) is 4.39 Å². The van der Waals surface area contributed by atoms with Crippen molar-refractivity contribution in [1.29, 1.82) is 0 Å². The van der Waals surface area contributed by atoms with E-state index in [1.807, 2.05) is 37.6 Å². The van der Waals surface area contributed by atoms with Gasteiger partial charge in [0.15, 0.2) is 0 Å². The molecule has 4 rings (SSSR count). The van der Waals surface area contributed by atoms with E-state index >= 15 is 0 Å². The van der Waals surface area contributed by atoms with Gasteiger partial charge in [-0.3, -0.25) is 0 Å². The number of allylic oxidation sites excluding steroid dienone is 2. The number of unbranched alkanes of at least 4 members (excludes halogenated alkanes) is 1. The van der Waals surface area contributed by atoms with Crippen molar-refractivity contribution in [3.05, 3.63) is 90.7 Å². The van der Waals surface area contributed by atoms with E-state index in [2.05, 4.69) is 4.99 Å². The predicted molar refractivity (Wildman–Crippen MR) is 118 cm³/mol. The number of fused-ring (bicyclic) bond motifs is 1. The summed E-state index contributed by atoms with van der Waals surface area (Å²) in [5.41, 5.74) is 0.969. The molecular formula is C24H24FN2O3S+. The van der Waals surface area contributed by atoms with E-state index in [4.69, 9.17) is 4.74 Å². The zero-order valence-electron chi connectivity index (χ0n) is 17.2. The molecule has 2 aliphatic rings. The second-order valence-electron chi connectivity index (χ2n) is 7.52. The summed E-state index contributed by atoms with van der Waals surface area (Å²) in [7, 11) is -3.85. The van der Waals surface area contributed by atoms with Crippen LogP contribution in [0.25, 0.3) is 0 Å². The number of aliphatic imine (C=N–C) groups is 1. The monoisotopic (exact) mass is 439 g/mol. The lowest BCUT2D eigenvalue weighted by Gasteiger charge is -2.28. The topological polar surface area (TPSA) is 55.7 Å². The fourth-order valence-electron chi connectivity index (χ4n) is 3.60. The van der Waals surface area contributed by atoms with Crippen molar-refractivity contribution in [2.75, 3.05) is 6.61 Å². The SMILES string of the molecule is CCCCOc1cc(F)ccc1S(=O)(=O)c1ccc(C[N+]23C=CC=CC2=NC=C3)cc1. The third-order valence-electron chi connectivity index (χ3n) is 5.30. The molecule has 0 radical (unpaired) electrons. The second kappa shape index (κ2) is 8.61. The van der Waals surface area contributed by atoms with E-state index in [9.17, 15) is 12.8 Å². The van der Waals surface area contributed by atoms with Gasteiger partial charge in [-0.2, -0.15) is 4.99 Å². The van der Waals surface area contributed by atoms with E-state index in [-0.39, 0.29) is 15.5 Å². The number of rotatable bonds is 8. The summed E-state index contributed by atoms with van der Waals surface area (Å²) in [6.07, 6.45) is 13.4. The van der Waals surface area contributed by atoms with Crippen molar-refractivity contribution in [3.63, 3.8) is 0 Å². The van der Waals surface area contributed by atoms with Crippen LogP contribution in [0.1, 0.15) is 25.3 Å². The van der Waals surface area contributed by atoms with E-state index in [1.54, 1.807) is 30.5 Å². The molecule has 5 nitrogen and oxygen atoms in total. The summed E-state index contributed by atoms with van der Waals surface area (Å²) >= 11 is 0. The first-order valence-electron chi connectivity index (χ1n) is 10.2. The van der Waals surface area contributed by atoms with Gasteiger partial charge in [0.05, 0.1) is 17.7 Å². The minimum Gasteiger partial charge on any atom is -0.492 e. The highest BCUT2D eigenvalue weighted by atomic mass is 32.2. The lowest BCUT2D eigenvalue weighted by atomic mass is 10.1. The number of ether oxygens (including phenoxy) is 1. The molecule has 0 bridgehead atoms. The summed E-state index contributed by atoms with van der Waals surface area (Å²) in [4.78, 5) is 4.51. The highest BCUT2D eigenvalue weighted by Crippen LogP contribution is 2.32. The lowest BCUT2D eigenvalue weighted by Crippen LogP contribution is -2.40. The average molecular weight is 440 g/mol. The van der Waals surface area contributed by atoms with Crippen molar-refractivity contribution in [2.24, 2.45) is 4.99 Å². The minimum atomic E-state index is -3.85. The largest absolute Gasteiger partial charge is 0.492 e. The predicted octanol–water partition coefficient (Wildman–Crippen LogP) is 5.12. The van der Waals surface area contributed by atoms with Crippen LogP contribution in [0.2, 0.25) is 0 Å². The van der Waals surface area contributed by atoms with Gasteiger partial charge in [-0.15, -0.1) is 0 Å². The number of amidine groups is 1. The molecule has 0 spiro atoms. The minimum absolute atomic E-state index is 0.0272. The zero-order valence-corrected chi connectivity index (χ0v) is 18.1. The van der Waals surface area contributed by atoms with Crippen LogP contribution in [0.3, 0.4) is 0 Å². The Morgan fingerprint density at radius 1 is 1.06 bits per heavy atom. The van der Waals surface area contributed by atoms with Gasteiger partial charge in [-0.05, 0) is 42.8 Å². The second-order valence-corrected chi connectivity index (χ2v) is 9.43. The molecule has 160 valence electrons. The standard InChI is InChI=1S/C24H24FN2O3S/c1-2-3-16-30-22-17-20(25)9-12-23(22)31(28,29)21-10-7-19(8-11-21)18-27-14-5-4-6-24(27)26-13-15-27/h4-15,17H,2-3,16,18H2,1H3/q+1. The van der Waals surface area contributed by atoms with E-state index < -0.39 is 15.7 Å². The molecule has 2 heterocycles. The maximum atomic E-state index is 13.7. The molecule has 0 saturated heterocycles. The Morgan fingerprint density at radius 2 is 1.87 bits per heavy atom. The first-order valence-corrected chi connectivity index (χ1v) is 11.7. The normalized spacial score (nSPS) is 19.4. The maximum Gasteiger partial charge on any atom is 0.237 e. The Labute approximate surface area is 182 Å². The highest BCUT2D eigenvalue weighted by Gasteiger charge is 2.33. The maximum absolute atomic E-state index is 13.7. The van der Waals surface area contributed by atoms with Gasteiger partial charge in [0.25, 0.3) is 0 Å². The van der Waals surface area contributed by atoms with Crippen molar-refractivity contribution in [2.45, 2.75) is 36.1 Å². The number of hydrogen-bond acceptors (Lipinski definition) is 4. The quantitative estimate of drug-likeness (QED) is 0.326. The smallest absolute Gasteiger partial charge is 0.237 e. The number of nitrogens with zero attached hydrogens (tertiary/aromatic N) is 2. The van der Waals surface area contributed by atoms with Gasteiger partial charge in [-0.25, -0.2) is 17.3 Å². The van der Waals surface area contributed by atoms with E-state index in [0.717, 1.165) is 36.4 Å². The van der Waals surface area contributed by atoms with Crippen LogP contribution in [0.5, 0.6) is 5.75 Å². The number of halogens is 1. The summed E-state index contributed by atoms with van der Waals surface area (Å²) in [5, 5.41) is 0. The highest BCUT2D eigenvalue weighted by molar-refractivity contribution is 7.91. The average Bonchev–Trinajstić information content (AvgIpc) is 3.18. The molecule has 7 heteroatoms. The first kappa shape index (κ1) is 21.2. The van der Waals surface area contributed by atoms with Crippen LogP contribution >= 0.6 is 0 Å². The van der Waals surface area contributed by atoms with E-state index in [0.29, 0.717) is 17.6 Å².